The van der Waals surface area contributed by atoms with Gasteiger partial charge in [0.25, 0.3) is 0 Å². The van der Waals surface area contributed by atoms with Crippen LogP contribution in [-0.4, -0.2) is 40.5 Å². The second-order valence-electron chi connectivity index (χ2n) is 8.07. The zero-order valence-corrected chi connectivity index (χ0v) is 16.8. The highest BCUT2D eigenvalue weighted by molar-refractivity contribution is 5.92. The first kappa shape index (κ1) is 18.2. The lowest BCUT2D eigenvalue weighted by Crippen LogP contribution is -2.36. The molecule has 2 aromatic heterocycles. The molecule has 0 spiro atoms. The molecule has 2 fully saturated rings. The predicted octanol–water partition coefficient (Wildman–Crippen LogP) is 3.93. The summed E-state index contributed by atoms with van der Waals surface area (Å²) in [5.41, 5.74) is 3.89. The normalized spacial score (nSPS) is 21.7. The van der Waals surface area contributed by atoms with Gasteiger partial charge in [0, 0.05) is 17.5 Å². The average Bonchev–Trinajstić information content (AvgIpc) is 3.35. The van der Waals surface area contributed by atoms with Crippen LogP contribution in [-0.2, 0) is 4.74 Å². The monoisotopic (exact) mass is 393 g/mol. The Kier molecular flexibility index (Phi) is 4.35. The van der Waals surface area contributed by atoms with E-state index in [1.807, 2.05) is 26.1 Å². The van der Waals surface area contributed by atoms with Gasteiger partial charge < -0.3 is 15.0 Å². The van der Waals surface area contributed by atoms with Crippen LogP contribution in [0.1, 0.15) is 36.2 Å². The van der Waals surface area contributed by atoms with Crippen LogP contribution in [0.3, 0.4) is 0 Å². The Labute approximate surface area is 169 Å². The van der Waals surface area contributed by atoms with Crippen LogP contribution in [0.15, 0.2) is 30.5 Å². The molecule has 1 aromatic carbocycles. The SMILES string of the molecule is Cc1cccc([C@@H](C)Nc2nnc(C)c3ncc(N4CC5CC4CO5)cc23)c1F. The van der Waals surface area contributed by atoms with Gasteiger partial charge in [-0.2, -0.15) is 5.10 Å². The van der Waals surface area contributed by atoms with E-state index in [0.29, 0.717) is 29.1 Å². The summed E-state index contributed by atoms with van der Waals surface area (Å²) in [4.78, 5) is 7.05. The molecule has 7 heteroatoms. The number of nitrogens with one attached hydrogen (secondary N) is 1. The number of aromatic nitrogens is 3. The molecule has 29 heavy (non-hydrogen) atoms. The summed E-state index contributed by atoms with van der Waals surface area (Å²) in [7, 11) is 0. The number of aryl methyl sites for hydroxylation is 2. The molecule has 3 aromatic rings. The second kappa shape index (κ2) is 6.91. The van der Waals surface area contributed by atoms with Gasteiger partial charge >= 0.3 is 0 Å². The summed E-state index contributed by atoms with van der Waals surface area (Å²) in [6.07, 6.45) is 3.29. The molecule has 2 saturated heterocycles. The van der Waals surface area contributed by atoms with E-state index in [4.69, 9.17) is 4.74 Å². The van der Waals surface area contributed by atoms with E-state index in [2.05, 4.69) is 31.5 Å². The largest absolute Gasteiger partial charge is 0.374 e. The van der Waals surface area contributed by atoms with Crippen molar-refractivity contribution in [2.45, 2.75) is 45.4 Å². The van der Waals surface area contributed by atoms with Gasteiger partial charge in [0.05, 0.1) is 47.9 Å². The zero-order chi connectivity index (χ0) is 20.1. The predicted molar refractivity (Wildman–Crippen MR) is 111 cm³/mol. The summed E-state index contributed by atoms with van der Waals surface area (Å²) < 4.78 is 20.3. The maximum Gasteiger partial charge on any atom is 0.158 e. The Balaban J connectivity index is 1.52. The molecule has 0 radical (unpaired) electrons. The van der Waals surface area contributed by atoms with Crippen molar-refractivity contribution < 1.29 is 9.13 Å². The number of nitrogens with zero attached hydrogens (tertiary/aromatic N) is 4. The molecule has 0 amide bonds. The van der Waals surface area contributed by atoms with Crippen LogP contribution in [0.25, 0.3) is 10.9 Å². The Hall–Kier alpha value is -2.80. The van der Waals surface area contributed by atoms with Crippen molar-refractivity contribution in [3.63, 3.8) is 0 Å². The standard InChI is InChI=1S/C22H24FN5O/c1-12-5-4-6-18(20(12)23)13(2)25-22-19-8-15(9-24-21(19)14(3)26-27-22)28-10-17-7-16(28)11-29-17/h4-6,8-9,13,16-17H,7,10-11H2,1-3H3,(H,25,27)/t13-,16?,17?/m1/s1. The number of pyridine rings is 1. The molecule has 2 aliphatic rings. The lowest BCUT2D eigenvalue weighted by Gasteiger charge is -2.29. The third-order valence-electron chi connectivity index (χ3n) is 6.04. The minimum atomic E-state index is -0.255. The molecule has 2 unspecified atom stereocenters. The first-order chi connectivity index (χ1) is 14.0. The van der Waals surface area contributed by atoms with Crippen LogP contribution < -0.4 is 10.2 Å². The number of morpholine rings is 1. The van der Waals surface area contributed by atoms with Gasteiger partial charge in [0.1, 0.15) is 5.82 Å². The molecule has 2 aliphatic heterocycles. The maximum absolute atomic E-state index is 14.6. The highest BCUT2D eigenvalue weighted by atomic mass is 19.1. The van der Waals surface area contributed by atoms with E-state index >= 15 is 0 Å². The number of hydrogen-bond acceptors (Lipinski definition) is 6. The number of fused-ring (bicyclic) bond motifs is 3. The molecule has 3 atom stereocenters. The highest BCUT2D eigenvalue weighted by Gasteiger charge is 2.39. The van der Waals surface area contributed by atoms with E-state index in [1.165, 1.54) is 0 Å². The Morgan fingerprint density at radius 1 is 1.28 bits per heavy atom. The maximum atomic E-state index is 14.6. The van der Waals surface area contributed by atoms with Crippen molar-refractivity contribution in [3.05, 3.63) is 53.1 Å². The molecule has 150 valence electrons. The average molecular weight is 393 g/mol. The second-order valence-corrected chi connectivity index (χ2v) is 8.07. The van der Waals surface area contributed by atoms with Gasteiger partial charge in [0.15, 0.2) is 5.82 Å². The van der Waals surface area contributed by atoms with E-state index < -0.39 is 0 Å². The molecule has 1 N–H and O–H groups in total. The number of anilines is 2. The molecule has 5 rings (SSSR count). The van der Waals surface area contributed by atoms with Gasteiger partial charge in [-0.3, -0.25) is 4.98 Å². The Morgan fingerprint density at radius 2 is 2.14 bits per heavy atom. The Morgan fingerprint density at radius 3 is 2.90 bits per heavy atom. The number of rotatable bonds is 4. The third kappa shape index (κ3) is 3.09. The molecule has 2 bridgehead atoms. The van der Waals surface area contributed by atoms with Crippen molar-refractivity contribution >= 4 is 22.4 Å². The van der Waals surface area contributed by atoms with Gasteiger partial charge in [-0.1, -0.05) is 18.2 Å². The fourth-order valence-electron chi connectivity index (χ4n) is 4.42. The van der Waals surface area contributed by atoms with Crippen LogP contribution in [0.5, 0.6) is 0 Å². The molecule has 4 heterocycles. The Bertz CT molecular complexity index is 1090. The molecular weight excluding hydrogens is 369 g/mol. The van der Waals surface area contributed by atoms with Crippen molar-refractivity contribution in [2.75, 3.05) is 23.4 Å². The fourth-order valence-corrected chi connectivity index (χ4v) is 4.42. The van der Waals surface area contributed by atoms with Crippen LogP contribution in [0.2, 0.25) is 0 Å². The lowest BCUT2D eigenvalue weighted by molar-refractivity contribution is 0.0991. The number of halogens is 1. The van der Waals surface area contributed by atoms with Crippen LogP contribution in [0.4, 0.5) is 15.9 Å². The number of benzene rings is 1. The highest BCUT2D eigenvalue weighted by Crippen LogP contribution is 2.35. The summed E-state index contributed by atoms with van der Waals surface area (Å²) in [6.45, 7) is 7.27. The smallest absolute Gasteiger partial charge is 0.158 e. The number of hydrogen-bond donors (Lipinski definition) is 1. The molecule has 6 nitrogen and oxygen atoms in total. The van der Waals surface area contributed by atoms with Gasteiger partial charge in [-0.25, -0.2) is 4.39 Å². The molecule has 0 saturated carbocycles. The number of ether oxygens (including phenoxy) is 1. The van der Waals surface area contributed by atoms with E-state index in [1.54, 1.807) is 19.1 Å². The summed E-state index contributed by atoms with van der Waals surface area (Å²) in [5.74, 6) is 0.428. The summed E-state index contributed by atoms with van der Waals surface area (Å²) >= 11 is 0. The fraction of sp³-hybridized carbons (Fsp3) is 0.409. The topological polar surface area (TPSA) is 63.2 Å². The van der Waals surface area contributed by atoms with Crippen molar-refractivity contribution in [1.29, 1.82) is 0 Å². The van der Waals surface area contributed by atoms with Gasteiger partial charge in [-0.15, -0.1) is 5.10 Å². The quantitative estimate of drug-likeness (QED) is 0.725. The first-order valence-corrected chi connectivity index (χ1v) is 10.0. The van der Waals surface area contributed by atoms with Crippen molar-refractivity contribution in [1.82, 2.24) is 15.2 Å². The summed E-state index contributed by atoms with van der Waals surface area (Å²) in [5, 5.41) is 12.9. The molecule has 0 aliphatic carbocycles. The summed E-state index contributed by atoms with van der Waals surface area (Å²) in [6, 6.07) is 7.72. The van der Waals surface area contributed by atoms with Crippen LogP contribution >= 0.6 is 0 Å². The van der Waals surface area contributed by atoms with Gasteiger partial charge in [-0.05, 0) is 38.8 Å². The van der Waals surface area contributed by atoms with E-state index in [9.17, 15) is 4.39 Å². The van der Waals surface area contributed by atoms with Crippen molar-refractivity contribution in [2.24, 2.45) is 0 Å². The van der Waals surface area contributed by atoms with Gasteiger partial charge in [0.2, 0.25) is 0 Å². The first-order valence-electron chi connectivity index (χ1n) is 10.0. The molecular formula is C22H24FN5O. The van der Waals surface area contributed by atoms with Crippen molar-refractivity contribution in [3.8, 4) is 0 Å². The minimum absolute atomic E-state index is 0.191. The minimum Gasteiger partial charge on any atom is -0.374 e. The van der Waals surface area contributed by atoms with Crippen LogP contribution in [0, 0.1) is 19.7 Å². The third-order valence-corrected chi connectivity index (χ3v) is 6.04. The zero-order valence-electron chi connectivity index (χ0n) is 16.8. The van der Waals surface area contributed by atoms with E-state index in [-0.39, 0.29) is 11.9 Å². The lowest BCUT2D eigenvalue weighted by atomic mass is 10.0. The van der Waals surface area contributed by atoms with E-state index in [0.717, 1.165) is 41.9 Å².